The van der Waals surface area contributed by atoms with Crippen molar-refractivity contribution >= 4 is 9.84 Å². The molecule has 0 fully saturated rings. The third-order valence-corrected chi connectivity index (χ3v) is 4.85. The van der Waals surface area contributed by atoms with Crippen molar-refractivity contribution in [2.24, 2.45) is 5.92 Å². The fourth-order valence-electron chi connectivity index (χ4n) is 1.89. The Labute approximate surface area is 106 Å². The largest absolute Gasteiger partial charge is 0.385 e. The summed E-state index contributed by atoms with van der Waals surface area (Å²) in [6.07, 6.45) is 3.18. The Kier molecular flexibility index (Phi) is 8.00. The second-order valence-corrected chi connectivity index (χ2v) is 7.18. The minimum atomic E-state index is -3.01. The normalized spacial score (nSPS) is 17.7. The topological polar surface area (TPSA) is 55.4 Å². The van der Waals surface area contributed by atoms with Crippen molar-refractivity contribution in [1.29, 1.82) is 0 Å². The fourth-order valence-corrected chi connectivity index (χ4v) is 2.79. The molecule has 0 aromatic carbocycles. The summed E-state index contributed by atoms with van der Waals surface area (Å²) in [4.78, 5) is 0. The van der Waals surface area contributed by atoms with Gasteiger partial charge < -0.3 is 10.1 Å². The lowest BCUT2D eigenvalue weighted by Crippen LogP contribution is -2.47. The molecule has 0 saturated heterocycles. The molecule has 0 amide bonds. The summed E-state index contributed by atoms with van der Waals surface area (Å²) >= 11 is 0. The van der Waals surface area contributed by atoms with Crippen LogP contribution in [0.15, 0.2) is 0 Å². The number of nitrogens with one attached hydrogen (secondary N) is 1. The van der Waals surface area contributed by atoms with Gasteiger partial charge in [0.25, 0.3) is 0 Å². The molecule has 0 radical (unpaired) electrons. The van der Waals surface area contributed by atoms with E-state index in [1.165, 1.54) is 6.26 Å². The maximum atomic E-state index is 11.6. The molecular weight excluding hydrogens is 238 g/mol. The van der Waals surface area contributed by atoms with Crippen LogP contribution in [-0.2, 0) is 14.6 Å². The predicted octanol–water partition coefficient (Wildman–Crippen LogP) is 1.46. The minimum absolute atomic E-state index is 0.0000926. The average Bonchev–Trinajstić information content (AvgIpc) is 2.25. The zero-order valence-corrected chi connectivity index (χ0v) is 12.5. The van der Waals surface area contributed by atoms with Gasteiger partial charge in [0.05, 0.1) is 5.25 Å². The molecular formula is C12H27NO3S. The first-order valence-electron chi connectivity index (χ1n) is 6.25. The standard InChI is InChI=1S/C12H27NO3S/c1-6-8-13-12(10(2)7-9-16-4)11(3)17(5,14)15/h10-13H,6-9H2,1-5H3. The Morgan fingerprint density at radius 2 is 1.88 bits per heavy atom. The SMILES string of the molecule is CCCNC(C(C)CCOC)C(C)S(C)(=O)=O. The highest BCUT2D eigenvalue weighted by atomic mass is 32.2. The highest BCUT2D eigenvalue weighted by Crippen LogP contribution is 2.17. The predicted molar refractivity (Wildman–Crippen MR) is 72.0 cm³/mol. The van der Waals surface area contributed by atoms with Crippen LogP contribution < -0.4 is 5.32 Å². The van der Waals surface area contributed by atoms with Crippen LogP contribution in [0.5, 0.6) is 0 Å². The van der Waals surface area contributed by atoms with Crippen LogP contribution in [-0.4, -0.2) is 46.2 Å². The zero-order valence-electron chi connectivity index (χ0n) is 11.7. The van der Waals surface area contributed by atoms with Gasteiger partial charge in [0, 0.05) is 26.0 Å². The molecule has 0 heterocycles. The van der Waals surface area contributed by atoms with Crippen LogP contribution in [0.25, 0.3) is 0 Å². The van der Waals surface area contributed by atoms with Gasteiger partial charge in [0.2, 0.25) is 0 Å². The van der Waals surface area contributed by atoms with Gasteiger partial charge in [0.15, 0.2) is 9.84 Å². The number of ether oxygens (including phenoxy) is 1. The maximum absolute atomic E-state index is 11.6. The fraction of sp³-hybridized carbons (Fsp3) is 1.00. The molecule has 0 bridgehead atoms. The van der Waals surface area contributed by atoms with E-state index in [9.17, 15) is 8.42 Å². The second-order valence-electron chi connectivity index (χ2n) is 4.77. The molecule has 3 unspecified atom stereocenters. The number of hydrogen-bond acceptors (Lipinski definition) is 4. The molecule has 0 aromatic heterocycles. The van der Waals surface area contributed by atoms with Crippen LogP contribution in [0, 0.1) is 5.92 Å². The van der Waals surface area contributed by atoms with Crippen LogP contribution in [0.1, 0.15) is 33.6 Å². The molecule has 0 aliphatic carbocycles. The molecule has 5 heteroatoms. The first-order valence-corrected chi connectivity index (χ1v) is 8.21. The number of rotatable bonds is 9. The first kappa shape index (κ1) is 16.9. The third kappa shape index (κ3) is 6.38. The Hall–Kier alpha value is -0.130. The zero-order chi connectivity index (χ0) is 13.5. The summed E-state index contributed by atoms with van der Waals surface area (Å²) in [7, 11) is -1.34. The molecule has 17 heavy (non-hydrogen) atoms. The molecule has 0 aliphatic heterocycles. The van der Waals surface area contributed by atoms with E-state index in [2.05, 4.69) is 19.2 Å². The van der Waals surface area contributed by atoms with E-state index in [1.807, 2.05) is 0 Å². The number of sulfone groups is 1. The van der Waals surface area contributed by atoms with E-state index in [1.54, 1.807) is 14.0 Å². The van der Waals surface area contributed by atoms with Crippen molar-refractivity contribution in [2.45, 2.75) is 44.9 Å². The summed E-state index contributed by atoms with van der Waals surface area (Å²) in [5.41, 5.74) is 0. The van der Waals surface area contributed by atoms with Crippen molar-refractivity contribution in [2.75, 3.05) is 26.5 Å². The van der Waals surface area contributed by atoms with Crippen LogP contribution in [0.4, 0.5) is 0 Å². The molecule has 0 spiro atoms. The highest BCUT2D eigenvalue weighted by molar-refractivity contribution is 7.91. The van der Waals surface area contributed by atoms with Gasteiger partial charge in [-0.3, -0.25) is 0 Å². The van der Waals surface area contributed by atoms with Crippen LogP contribution >= 0.6 is 0 Å². The summed E-state index contributed by atoms with van der Waals surface area (Å²) in [6.45, 7) is 7.46. The molecule has 4 nitrogen and oxygen atoms in total. The van der Waals surface area contributed by atoms with E-state index >= 15 is 0 Å². The number of hydrogen-bond donors (Lipinski definition) is 1. The van der Waals surface area contributed by atoms with Gasteiger partial charge in [-0.2, -0.15) is 0 Å². The van der Waals surface area contributed by atoms with Crippen molar-refractivity contribution < 1.29 is 13.2 Å². The van der Waals surface area contributed by atoms with E-state index in [0.29, 0.717) is 6.61 Å². The summed E-state index contributed by atoms with van der Waals surface area (Å²) in [6, 6.07) is 0.0000926. The molecule has 3 atom stereocenters. The van der Waals surface area contributed by atoms with Gasteiger partial charge >= 0.3 is 0 Å². The van der Waals surface area contributed by atoms with E-state index in [-0.39, 0.29) is 17.2 Å². The van der Waals surface area contributed by atoms with Crippen LogP contribution in [0.3, 0.4) is 0 Å². The van der Waals surface area contributed by atoms with Gasteiger partial charge in [-0.25, -0.2) is 8.42 Å². The van der Waals surface area contributed by atoms with Gasteiger partial charge in [0.1, 0.15) is 0 Å². The average molecular weight is 265 g/mol. The van der Waals surface area contributed by atoms with Gasteiger partial charge in [-0.15, -0.1) is 0 Å². The van der Waals surface area contributed by atoms with Crippen molar-refractivity contribution in [3.05, 3.63) is 0 Å². The molecule has 1 N–H and O–H groups in total. The molecule has 0 saturated carbocycles. The summed E-state index contributed by atoms with van der Waals surface area (Å²) in [5.74, 6) is 0.284. The quantitative estimate of drug-likeness (QED) is 0.686. The molecule has 104 valence electrons. The Balaban J connectivity index is 4.62. The van der Waals surface area contributed by atoms with E-state index in [4.69, 9.17) is 4.74 Å². The van der Waals surface area contributed by atoms with Gasteiger partial charge in [-0.05, 0) is 32.2 Å². The number of methoxy groups -OCH3 is 1. The van der Waals surface area contributed by atoms with E-state index in [0.717, 1.165) is 19.4 Å². The molecule has 0 rings (SSSR count). The summed E-state index contributed by atoms with van der Waals surface area (Å²) in [5, 5.41) is 2.99. The first-order chi connectivity index (χ1) is 7.84. The van der Waals surface area contributed by atoms with Crippen molar-refractivity contribution in [1.82, 2.24) is 5.32 Å². The van der Waals surface area contributed by atoms with E-state index < -0.39 is 9.84 Å². The van der Waals surface area contributed by atoms with Crippen LogP contribution in [0.2, 0.25) is 0 Å². The lowest BCUT2D eigenvalue weighted by Gasteiger charge is -2.29. The van der Waals surface area contributed by atoms with Crippen molar-refractivity contribution in [3.8, 4) is 0 Å². The smallest absolute Gasteiger partial charge is 0.151 e. The van der Waals surface area contributed by atoms with Gasteiger partial charge in [-0.1, -0.05) is 13.8 Å². The lowest BCUT2D eigenvalue weighted by atomic mass is 9.96. The Morgan fingerprint density at radius 1 is 1.29 bits per heavy atom. The maximum Gasteiger partial charge on any atom is 0.151 e. The third-order valence-electron chi connectivity index (χ3n) is 3.20. The minimum Gasteiger partial charge on any atom is -0.385 e. The Morgan fingerprint density at radius 3 is 2.29 bits per heavy atom. The Bertz CT molecular complexity index is 290. The molecule has 0 aliphatic rings. The molecule has 0 aromatic rings. The van der Waals surface area contributed by atoms with Crippen molar-refractivity contribution in [3.63, 3.8) is 0 Å². The highest BCUT2D eigenvalue weighted by Gasteiger charge is 2.29. The lowest BCUT2D eigenvalue weighted by molar-refractivity contribution is 0.169. The summed E-state index contributed by atoms with van der Waals surface area (Å²) < 4.78 is 28.3. The second kappa shape index (κ2) is 8.06. The monoisotopic (exact) mass is 265 g/mol.